The molecule has 3 aromatic rings. The van der Waals surface area contributed by atoms with Gasteiger partial charge in [0.2, 0.25) is 0 Å². The zero-order valence-electron chi connectivity index (χ0n) is 54.6. The number of amides is 2. The van der Waals surface area contributed by atoms with Crippen LogP contribution in [0.3, 0.4) is 0 Å². The summed E-state index contributed by atoms with van der Waals surface area (Å²) in [5.41, 5.74) is -5.56. The van der Waals surface area contributed by atoms with E-state index in [-0.39, 0.29) is 77.0 Å². The van der Waals surface area contributed by atoms with Gasteiger partial charge >= 0.3 is 35.8 Å². The van der Waals surface area contributed by atoms with Gasteiger partial charge < -0.3 is 48.5 Å². The number of esters is 6. The van der Waals surface area contributed by atoms with E-state index in [1.807, 2.05) is 12.1 Å². The van der Waals surface area contributed by atoms with Gasteiger partial charge in [-0.1, -0.05) is 23.7 Å². The van der Waals surface area contributed by atoms with Crippen LogP contribution in [-0.2, 0) is 66.8 Å². The molecule has 478 valence electrons. The number of ether oxygens (including phenoxy) is 8. The first-order valence-electron chi connectivity index (χ1n) is 29.5. The van der Waals surface area contributed by atoms with Crippen LogP contribution in [0.1, 0.15) is 223 Å². The van der Waals surface area contributed by atoms with Gasteiger partial charge in [0.05, 0.1) is 9.75 Å². The van der Waals surface area contributed by atoms with E-state index in [4.69, 9.17) is 37.9 Å². The van der Waals surface area contributed by atoms with Crippen molar-refractivity contribution in [3.05, 3.63) is 81.5 Å². The number of hydrogen-bond acceptors (Lipinski definition) is 17. The quantitative estimate of drug-likeness (QED) is 0.0432. The van der Waals surface area contributed by atoms with Gasteiger partial charge in [-0.05, 0) is 224 Å². The normalized spacial score (nSPS) is 12.2. The minimum absolute atomic E-state index is 0.0662. The highest BCUT2D eigenvalue weighted by Gasteiger charge is 2.38. The summed E-state index contributed by atoms with van der Waals surface area (Å²) in [7, 11) is 0. The van der Waals surface area contributed by atoms with Crippen LogP contribution in [0.2, 0.25) is 0 Å². The Hall–Kier alpha value is -7.38. The largest absolute Gasteiger partial charge is 0.484 e. The second-order valence-corrected chi connectivity index (χ2v) is 28.5. The second-order valence-electron chi connectivity index (χ2n) is 27.5. The fraction of sp³-hybridized carbons (Fsp3) is 0.588. The number of thiophene rings is 1. The molecule has 1 aromatic heterocycles. The average molecular weight is 1230 g/mol. The monoisotopic (exact) mass is 1230 g/mol. The molecule has 0 fully saturated rings. The third kappa shape index (κ3) is 33.4. The third-order valence-electron chi connectivity index (χ3n) is 11.9. The number of hydrogen-bond donors (Lipinski definition) is 2. The molecule has 3 rings (SSSR count). The highest BCUT2D eigenvalue weighted by molar-refractivity contribution is 7.13. The molecule has 2 N–H and O–H groups in total. The van der Waals surface area contributed by atoms with Crippen molar-refractivity contribution < 1.29 is 76.3 Å². The molecule has 0 aliphatic carbocycles. The van der Waals surface area contributed by atoms with E-state index in [9.17, 15) is 38.4 Å². The summed E-state index contributed by atoms with van der Waals surface area (Å²) in [6.07, 6.45) is -0.192. The van der Waals surface area contributed by atoms with Crippen molar-refractivity contribution >= 4 is 59.0 Å². The van der Waals surface area contributed by atoms with Crippen molar-refractivity contribution in [1.82, 2.24) is 10.6 Å². The van der Waals surface area contributed by atoms with Crippen LogP contribution in [0.5, 0.6) is 11.5 Å². The van der Waals surface area contributed by atoms with Gasteiger partial charge in [-0.3, -0.25) is 38.4 Å². The molecule has 2 amide bonds. The van der Waals surface area contributed by atoms with Crippen LogP contribution in [0.4, 0.5) is 0 Å². The summed E-state index contributed by atoms with van der Waals surface area (Å²) in [6, 6.07) is 17.5. The van der Waals surface area contributed by atoms with Gasteiger partial charge in [-0.25, -0.2) is 0 Å². The SMILES string of the molecule is CC(C)(C)OC(=O)CCC(CCC(=O)OC(C)(C)C)(CCC(=O)OC(C)(C)C)NC(=O)COc1ccc(C#Cc2ccc(C#Cc3ccc(OCC(=O)NC(CCC(=O)OC(C)(C)C)(CCC(=O)OC(C)(C)C)CCC(=O)OC(C)(C)C)cc3)s2)cc1. The van der Waals surface area contributed by atoms with Gasteiger partial charge in [0.1, 0.15) is 45.1 Å². The molecule has 2 aromatic carbocycles. The summed E-state index contributed by atoms with van der Waals surface area (Å²) >= 11 is 1.41. The molecule has 0 radical (unpaired) electrons. The zero-order chi connectivity index (χ0) is 65.7. The van der Waals surface area contributed by atoms with Crippen LogP contribution >= 0.6 is 11.3 Å². The third-order valence-corrected chi connectivity index (χ3v) is 12.8. The van der Waals surface area contributed by atoms with E-state index in [2.05, 4.69) is 34.3 Å². The van der Waals surface area contributed by atoms with Crippen LogP contribution in [0.15, 0.2) is 60.7 Å². The Morgan fingerprint density at radius 1 is 0.333 bits per heavy atom. The Morgan fingerprint density at radius 2 is 0.552 bits per heavy atom. The second kappa shape index (κ2) is 32.0. The molecule has 0 atom stereocenters. The lowest BCUT2D eigenvalue weighted by Crippen LogP contribution is -2.51. The molecular formula is C68H94N2O16S. The maximum Gasteiger partial charge on any atom is 0.306 e. The van der Waals surface area contributed by atoms with E-state index in [1.165, 1.54) is 11.3 Å². The Bertz CT molecular complexity index is 2590. The van der Waals surface area contributed by atoms with Crippen LogP contribution < -0.4 is 20.1 Å². The average Bonchev–Trinajstić information content (AvgIpc) is 3.98. The van der Waals surface area contributed by atoms with Crippen molar-refractivity contribution in [2.24, 2.45) is 0 Å². The molecule has 1 heterocycles. The molecule has 87 heavy (non-hydrogen) atoms. The summed E-state index contributed by atoms with van der Waals surface area (Å²) in [6.45, 7) is 30.7. The topological polar surface area (TPSA) is 234 Å². The maximum absolute atomic E-state index is 13.7. The van der Waals surface area contributed by atoms with E-state index in [0.717, 1.165) is 9.75 Å². The smallest absolute Gasteiger partial charge is 0.306 e. The maximum atomic E-state index is 13.7. The van der Waals surface area contributed by atoms with Crippen molar-refractivity contribution in [2.75, 3.05) is 13.2 Å². The molecule has 0 spiro atoms. The fourth-order valence-electron chi connectivity index (χ4n) is 8.50. The van der Waals surface area contributed by atoms with E-state index in [1.54, 1.807) is 173 Å². The first-order valence-corrected chi connectivity index (χ1v) is 30.3. The lowest BCUT2D eigenvalue weighted by atomic mass is 9.83. The number of nitrogens with one attached hydrogen (secondary N) is 2. The van der Waals surface area contributed by atoms with E-state index in [0.29, 0.717) is 22.6 Å². The molecule has 0 saturated heterocycles. The number of benzene rings is 2. The van der Waals surface area contributed by atoms with Gasteiger partial charge in [0.15, 0.2) is 13.2 Å². The van der Waals surface area contributed by atoms with E-state index < -0.39 is 106 Å². The Labute approximate surface area is 519 Å². The fourth-order valence-corrected chi connectivity index (χ4v) is 9.21. The molecular weight excluding hydrogens is 1130 g/mol. The molecule has 18 nitrogen and oxygen atoms in total. The first kappa shape index (κ1) is 73.9. The molecule has 0 saturated carbocycles. The number of carbonyl (C=O) groups excluding carboxylic acids is 8. The predicted molar refractivity (Wildman–Crippen MR) is 332 cm³/mol. The molecule has 0 unspecified atom stereocenters. The van der Waals surface area contributed by atoms with Crippen LogP contribution in [0.25, 0.3) is 0 Å². The van der Waals surface area contributed by atoms with Crippen molar-refractivity contribution in [1.29, 1.82) is 0 Å². The highest BCUT2D eigenvalue weighted by Crippen LogP contribution is 2.31. The lowest BCUT2D eigenvalue weighted by molar-refractivity contribution is -0.158. The van der Waals surface area contributed by atoms with Gasteiger partial charge in [0.25, 0.3) is 11.8 Å². The summed E-state index contributed by atoms with van der Waals surface area (Å²) in [5.74, 6) is 9.34. The first-order chi connectivity index (χ1) is 39.9. The lowest BCUT2D eigenvalue weighted by Gasteiger charge is -2.35. The minimum Gasteiger partial charge on any atom is -0.484 e. The Balaban J connectivity index is 1.70. The summed E-state index contributed by atoms with van der Waals surface area (Å²) < 4.78 is 45.1. The van der Waals surface area contributed by atoms with Gasteiger partial charge in [0, 0.05) is 60.7 Å². The van der Waals surface area contributed by atoms with Crippen molar-refractivity contribution in [3.8, 4) is 35.2 Å². The number of carbonyl (C=O) groups is 8. The van der Waals surface area contributed by atoms with Crippen LogP contribution in [-0.4, -0.2) is 106 Å². The molecule has 0 aliphatic heterocycles. The summed E-state index contributed by atoms with van der Waals surface area (Å²) in [4.78, 5) is 107. The summed E-state index contributed by atoms with van der Waals surface area (Å²) in [5, 5.41) is 6.01. The molecule has 0 bridgehead atoms. The Morgan fingerprint density at radius 3 is 0.759 bits per heavy atom. The standard InChI is InChI=1S/C68H94N2O16S/c1-61(2,3)81-55(73)33-39-67(40-34-56(74)82-62(4,5)6,41-35-57(75)83-63(7,8)9)69-53(71)45-79-49-25-19-47(20-26-49)23-29-51-31-32-52(87-51)30-24-48-21-27-50(28-22-48)80-46-54(72)70-68(42-36-58(76)84-64(10,11)12,43-37-59(77)85-65(13,14)15)44-38-60(78)86-66(16,17)18/h19-22,25-28,31-32H,33-46H2,1-18H3,(H,69,71)(H,70,72). The van der Waals surface area contributed by atoms with Crippen molar-refractivity contribution in [3.63, 3.8) is 0 Å². The predicted octanol–water partition coefficient (Wildman–Crippen LogP) is 11.7. The van der Waals surface area contributed by atoms with E-state index >= 15 is 0 Å². The minimum atomic E-state index is -1.21. The zero-order valence-corrected chi connectivity index (χ0v) is 55.4. The highest BCUT2D eigenvalue weighted by atomic mass is 32.1. The molecule has 0 aliphatic rings. The Kier molecular flexibility index (Phi) is 27.2. The van der Waals surface area contributed by atoms with Crippen molar-refractivity contribution in [2.45, 2.75) is 246 Å². The molecule has 19 heteroatoms. The van der Waals surface area contributed by atoms with Gasteiger partial charge in [-0.2, -0.15) is 0 Å². The van der Waals surface area contributed by atoms with Gasteiger partial charge in [-0.15, -0.1) is 11.3 Å². The number of rotatable bonds is 26. The van der Waals surface area contributed by atoms with Crippen LogP contribution in [0, 0.1) is 23.7 Å².